The van der Waals surface area contributed by atoms with Gasteiger partial charge in [0, 0.05) is 44.8 Å². The summed E-state index contributed by atoms with van der Waals surface area (Å²) >= 11 is 0. The summed E-state index contributed by atoms with van der Waals surface area (Å²) in [5, 5.41) is 0. The van der Waals surface area contributed by atoms with Gasteiger partial charge < -0.3 is 5.73 Å². The second-order valence-electron chi connectivity index (χ2n) is 6.27. The number of rotatable bonds is 5. The van der Waals surface area contributed by atoms with Crippen LogP contribution in [0.15, 0.2) is 24.3 Å². The van der Waals surface area contributed by atoms with E-state index in [2.05, 4.69) is 41.0 Å². The largest absolute Gasteiger partial charge is 0.323 e. The summed E-state index contributed by atoms with van der Waals surface area (Å²) in [6.07, 6.45) is 3.94. The molecule has 2 fully saturated rings. The normalized spacial score (nSPS) is 22.9. The lowest BCUT2D eigenvalue weighted by atomic mass is 10.0. The lowest BCUT2D eigenvalue weighted by molar-refractivity contribution is 0.121. The van der Waals surface area contributed by atoms with Crippen LogP contribution in [0, 0.1) is 0 Å². The van der Waals surface area contributed by atoms with Crippen LogP contribution in [0.25, 0.3) is 0 Å². The topological polar surface area (TPSA) is 32.5 Å². The van der Waals surface area contributed by atoms with Crippen molar-refractivity contribution in [2.45, 2.75) is 38.3 Å². The second kappa shape index (κ2) is 6.25. The van der Waals surface area contributed by atoms with Gasteiger partial charge in [0.2, 0.25) is 0 Å². The minimum Gasteiger partial charge on any atom is -0.323 e. The average molecular weight is 273 g/mol. The van der Waals surface area contributed by atoms with Crippen LogP contribution in [0.2, 0.25) is 0 Å². The predicted octanol–water partition coefficient (Wildman–Crippen LogP) is 2.03. The molecule has 1 saturated carbocycles. The quantitative estimate of drug-likeness (QED) is 0.891. The molecule has 2 aliphatic rings. The minimum absolute atomic E-state index is 0.147. The van der Waals surface area contributed by atoms with E-state index in [4.69, 9.17) is 5.73 Å². The van der Waals surface area contributed by atoms with Crippen LogP contribution in [-0.4, -0.2) is 48.6 Å². The molecule has 0 spiro atoms. The molecule has 1 aliphatic carbocycles. The van der Waals surface area contributed by atoms with Crippen LogP contribution in [-0.2, 0) is 6.42 Å². The molecule has 1 saturated heterocycles. The van der Waals surface area contributed by atoms with Gasteiger partial charge in [-0.1, -0.05) is 31.2 Å². The van der Waals surface area contributed by atoms with Crippen molar-refractivity contribution in [1.82, 2.24) is 9.80 Å². The Balaban J connectivity index is 1.49. The van der Waals surface area contributed by atoms with Crippen molar-refractivity contribution in [2.24, 2.45) is 5.73 Å². The number of benzene rings is 1. The molecule has 110 valence electrons. The molecule has 3 nitrogen and oxygen atoms in total. The maximum atomic E-state index is 6.37. The summed E-state index contributed by atoms with van der Waals surface area (Å²) in [4.78, 5) is 5.18. The Hall–Kier alpha value is -0.900. The summed E-state index contributed by atoms with van der Waals surface area (Å²) in [6.45, 7) is 7.99. The molecule has 1 heterocycles. The maximum Gasteiger partial charge on any atom is 0.0424 e. The fraction of sp³-hybridized carbons (Fsp3) is 0.647. The monoisotopic (exact) mass is 273 g/mol. The minimum atomic E-state index is 0.147. The summed E-state index contributed by atoms with van der Waals surface area (Å²) < 4.78 is 0. The van der Waals surface area contributed by atoms with Crippen molar-refractivity contribution < 1.29 is 0 Å². The van der Waals surface area contributed by atoms with E-state index in [0.717, 1.165) is 19.0 Å². The molecule has 0 radical (unpaired) electrons. The predicted molar refractivity (Wildman–Crippen MR) is 83.8 cm³/mol. The van der Waals surface area contributed by atoms with E-state index >= 15 is 0 Å². The van der Waals surface area contributed by atoms with E-state index in [9.17, 15) is 0 Å². The highest BCUT2D eigenvalue weighted by Crippen LogP contribution is 2.27. The highest BCUT2D eigenvalue weighted by atomic mass is 15.3. The summed E-state index contributed by atoms with van der Waals surface area (Å²) in [7, 11) is 0. The van der Waals surface area contributed by atoms with Crippen LogP contribution in [0.3, 0.4) is 0 Å². The first-order valence-electron chi connectivity index (χ1n) is 8.07. The lowest BCUT2D eigenvalue weighted by Crippen LogP contribution is -2.48. The molecule has 0 bridgehead atoms. The van der Waals surface area contributed by atoms with Crippen molar-refractivity contribution in [2.75, 3.05) is 32.7 Å². The Kier molecular flexibility index (Phi) is 4.39. The highest BCUT2D eigenvalue weighted by molar-refractivity contribution is 5.25. The fourth-order valence-corrected chi connectivity index (χ4v) is 3.13. The molecule has 20 heavy (non-hydrogen) atoms. The maximum absolute atomic E-state index is 6.37. The van der Waals surface area contributed by atoms with Crippen molar-refractivity contribution in [1.29, 1.82) is 0 Å². The van der Waals surface area contributed by atoms with Crippen LogP contribution in [0.5, 0.6) is 0 Å². The van der Waals surface area contributed by atoms with Crippen molar-refractivity contribution in [3.8, 4) is 0 Å². The Morgan fingerprint density at radius 3 is 2.30 bits per heavy atom. The molecule has 2 N–H and O–H groups in total. The van der Waals surface area contributed by atoms with Crippen LogP contribution in [0.4, 0.5) is 0 Å². The zero-order chi connectivity index (χ0) is 13.9. The number of aryl methyl sites for hydroxylation is 1. The molecule has 3 heteroatoms. The van der Waals surface area contributed by atoms with Gasteiger partial charge in [-0.2, -0.15) is 0 Å². The third kappa shape index (κ3) is 3.40. The lowest BCUT2D eigenvalue weighted by Gasteiger charge is -2.36. The van der Waals surface area contributed by atoms with Gasteiger partial charge in [-0.05, 0) is 30.4 Å². The molecule has 0 aromatic heterocycles. The zero-order valence-electron chi connectivity index (χ0n) is 12.6. The van der Waals surface area contributed by atoms with Gasteiger partial charge in [0.05, 0.1) is 0 Å². The molecule has 1 atom stereocenters. The van der Waals surface area contributed by atoms with Crippen molar-refractivity contribution in [3.63, 3.8) is 0 Å². The Labute approximate surface area is 122 Å². The molecule has 1 aromatic rings. The van der Waals surface area contributed by atoms with E-state index in [-0.39, 0.29) is 6.04 Å². The smallest absolute Gasteiger partial charge is 0.0424 e. The third-order valence-corrected chi connectivity index (χ3v) is 4.74. The Bertz CT molecular complexity index is 416. The van der Waals surface area contributed by atoms with Gasteiger partial charge in [0.1, 0.15) is 0 Å². The van der Waals surface area contributed by atoms with Crippen LogP contribution >= 0.6 is 0 Å². The zero-order valence-corrected chi connectivity index (χ0v) is 12.6. The summed E-state index contributed by atoms with van der Waals surface area (Å²) in [6, 6.07) is 9.87. The van der Waals surface area contributed by atoms with Crippen molar-refractivity contribution in [3.05, 3.63) is 35.4 Å². The first kappa shape index (κ1) is 14.1. The van der Waals surface area contributed by atoms with Gasteiger partial charge in [0.15, 0.2) is 0 Å². The number of piperazine rings is 1. The summed E-state index contributed by atoms with van der Waals surface area (Å²) in [5.41, 5.74) is 9.03. The second-order valence-corrected chi connectivity index (χ2v) is 6.27. The van der Waals surface area contributed by atoms with Gasteiger partial charge in [-0.15, -0.1) is 0 Å². The van der Waals surface area contributed by atoms with Gasteiger partial charge in [0.25, 0.3) is 0 Å². The first-order chi connectivity index (χ1) is 9.76. The molecular weight excluding hydrogens is 246 g/mol. The van der Waals surface area contributed by atoms with Crippen molar-refractivity contribution >= 4 is 0 Å². The van der Waals surface area contributed by atoms with E-state index in [1.807, 2.05) is 0 Å². The van der Waals surface area contributed by atoms with E-state index in [1.54, 1.807) is 0 Å². The van der Waals surface area contributed by atoms with E-state index < -0.39 is 0 Å². The number of hydrogen-bond donors (Lipinski definition) is 1. The molecule has 0 amide bonds. The SMILES string of the molecule is CCc1ccc(C(N)CN2CCN(C3CC3)CC2)cc1. The van der Waals surface area contributed by atoms with Crippen LogP contribution in [0.1, 0.15) is 36.9 Å². The Morgan fingerprint density at radius 2 is 1.75 bits per heavy atom. The third-order valence-electron chi connectivity index (χ3n) is 4.74. The molecule has 1 unspecified atom stereocenters. The van der Waals surface area contributed by atoms with Gasteiger partial charge in [-0.3, -0.25) is 9.80 Å². The van der Waals surface area contributed by atoms with Gasteiger partial charge >= 0.3 is 0 Å². The molecule has 3 rings (SSSR count). The summed E-state index contributed by atoms with van der Waals surface area (Å²) in [5.74, 6) is 0. The highest BCUT2D eigenvalue weighted by Gasteiger charge is 2.31. The first-order valence-corrected chi connectivity index (χ1v) is 8.07. The van der Waals surface area contributed by atoms with Crippen LogP contribution < -0.4 is 5.73 Å². The average Bonchev–Trinajstić information content (AvgIpc) is 3.33. The number of nitrogens with two attached hydrogens (primary N) is 1. The Morgan fingerprint density at radius 1 is 1.10 bits per heavy atom. The fourth-order valence-electron chi connectivity index (χ4n) is 3.13. The molecule has 1 aromatic carbocycles. The van der Waals surface area contributed by atoms with E-state index in [1.165, 1.54) is 50.1 Å². The van der Waals surface area contributed by atoms with Gasteiger partial charge in [-0.25, -0.2) is 0 Å². The standard InChI is InChI=1S/C17H27N3/c1-2-14-3-5-15(6-4-14)17(18)13-19-9-11-20(12-10-19)16-7-8-16/h3-6,16-17H,2,7-13,18H2,1H3. The number of nitrogens with zero attached hydrogens (tertiary/aromatic N) is 2. The van der Waals surface area contributed by atoms with E-state index in [0.29, 0.717) is 0 Å². The number of hydrogen-bond acceptors (Lipinski definition) is 3. The molecule has 1 aliphatic heterocycles. The molecular formula is C17H27N3.